The van der Waals surface area contributed by atoms with Crippen molar-refractivity contribution in [1.82, 2.24) is 0 Å². The van der Waals surface area contributed by atoms with Gasteiger partial charge in [-0.2, -0.15) is 0 Å². The van der Waals surface area contributed by atoms with Gasteiger partial charge in [0.05, 0.1) is 0 Å². The first-order valence-electron chi connectivity index (χ1n) is 9.01. The molecule has 1 heteroatoms. The van der Waals surface area contributed by atoms with Crippen molar-refractivity contribution in [2.45, 2.75) is 0 Å². The topological polar surface area (TPSA) is 17.1 Å². The lowest BCUT2D eigenvalue weighted by Crippen LogP contribution is -1.99. The lowest BCUT2D eigenvalue weighted by Gasteiger charge is -2.00. The molecule has 0 spiro atoms. The lowest BCUT2D eigenvalue weighted by atomic mass is 10.0. The molecule has 0 fully saturated rings. The second-order valence-corrected chi connectivity index (χ2v) is 6.27. The number of carbonyl (C=O) groups is 1. The maximum Gasteiger partial charge on any atom is 0.237 e. The Morgan fingerprint density at radius 3 is 2.14 bits per heavy atom. The fourth-order valence-corrected chi connectivity index (χ4v) is 2.98. The highest BCUT2D eigenvalue weighted by Gasteiger charge is 2.07. The van der Waals surface area contributed by atoms with Crippen LogP contribution in [-0.4, -0.2) is 5.78 Å². The Morgan fingerprint density at radius 1 is 0.571 bits per heavy atom. The van der Waals surface area contributed by atoms with Crippen LogP contribution in [0.25, 0.3) is 10.8 Å². The van der Waals surface area contributed by atoms with Crippen molar-refractivity contribution < 1.29 is 4.79 Å². The first kappa shape index (κ1) is 17.3. The van der Waals surface area contributed by atoms with E-state index >= 15 is 0 Å². The highest BCUT2D eigenvalue weighted by atomic mass is 16.1. The molecule has 130 valence electrons. The summed E-state index contributed by atoms with van der Waals surface area (Å²) in [7, 11) is 0. The van der Waals surface area contributed by atoms with Gasteiger partial charge in [-0.25, -0.2) is 0 Å². The van der Waals surface area contributed by atoms with Gasteiger partial charge in [-0.1, -0.05) is 84.5 Å². The van der Waals surface area contributed by atoms with Crippen LogP contribution in [0.4, 0.5) is 0 Å². The van der Waals surface area contributed by atoms with E-state index in [-0.39, 0.29) is 5.78 Å². The molecule has 0 aliphatic rings. The molecule has 1 nitrogen and oxygen atoms in total. The Labute approximate surface area is 164 Å². The van der Waals surface area contributed by atoms with Gasteiger partial charge >= 0.3 is 0 Å². The first-order valence-corrected chi connectivity index (χ1v) is 9.01. The summed E-state index contributed by atoms with van der Waals surface area (Å²) in [6, 6.07) is 31.0. The van der Waals surface area contributed by atoms with E-state index in [1.807, 2.05) is 91.0 Å². The summed E-state index contributed by atoms with van der Waals surface area (Å²) in [5.41, 5.74) is 2.97. The smallest absolute Gasteiger partial charge is 0.237 e. The third kappa shape index (κ3) is 3.85. The zero-order chi connectivity index (χ0) is 19.2. The van der Waals surface area contributed by atoms with Gasteiger partial charge in [-0.15, -0.1) is 0 Å². The van der Waals surface area contributed by atoms with Crippen molar-refractivity contribution in [1.29, 1.82) is 0 Å². The van der Waals surface area contributed by atoms with Gasteiger partial charge < -0.3 is 0 Å². The SMILES string of the molecule is O=C(C#Cc1cccc2ccccc12)c1ccccc1C#Cc1ccccc1. The van der Waals surface area contributed by atoms with E-state index in [4.69, 9.17) is 0 Å². The summed E-state index contributed by atoms with van der Waals surface area (Å²) in [4.78, 5) is 12.7. The van der Waals surface area contributed by atoms with Gasteiger partial charge in [0.25, 0.3) is 0 Å². The molecule has 0 heterocycles. The van der Waals surface area contributed by atoms with Crippen molar-refractivity contribution in [2.24, 2.45) is 0 Å². The van der Waals surface area contributed by atoms with E-state index in [0.717, 1.165) is 21.9 Å². The molecular weight excluding hydrogens is 340 g/mol. The van der Waals surface area contributed by atoms with Crippen molar-refractivity contribution in [3.8, 4) is 23.7 Å². The second kappa shape index (κ2) is 8.09. The zero-order valence-corrected chi connectivity index (χ0v) is 15.1. The van der Waals surface area contributed by atoms with E-state index in [0.29, 0.717) is 11.1 Å². The average molecular weight is 356 g/mol. The van der Waals surface area contributed by atoms with Crippen LogP contribution in [0.1, 0.15) is 27.0 Å². The van der Waals surface area contributed by atoms with Crippen LogP contribution in [-0.2, 0) is 0 Å². The fourth-order valence-electron chi connectivity index (χ4n) is 2.98. The molecule has 0 unspecified atom stereocenters. The predicted octanol–water partition coefficient (Wildman–Crippen LogP) is 5.47. The summed E-state index contributed by atoms with van der Waals surface area (Å²) in [6.45, 7) is 0. The number of Topliss-reactive ketones (excluding diaryl/α,β-unsaturated/α-hetero) is 1. The molecule has 0 aliphatic carbocycles. The third-order valence-electron chi connectivity index (χ3n) is 4.39. The molecule has 0 saturated carbocycles. The molecule has 4 aromatic rings. The fraction of sp³-hybridized carbons (Fsp3) is 0. The van der Waals surface area contributed by atoms with Gasteiger partial charge in [0.2, 0.25) is 5.78 Å². The standard InChI is InChI=1S/C27H16O/c28-27(20-19-23-14-8-13-22-11-4-6-15-25(22)23)26-16-7-5-12-24(26)18-17-21-9-2-1-3-10-21/h1-16H. The molecule has 0 amide bonds. The molecule has 0 bridgehead atoms. The van der Waals surface area contributed by atoms with Gasteiger partial charge in [-0.3, -0.25) is 4.79 Å². The van der Waals surface area contributed by atoms with E-state index in [9.17, 15) is 4.79 Å². The van der Waals surface area contributed by atoms with Crippen LogP contribution in [0.2, 0.25) is 0 Å². The normalized spacial score (nSPS) is 9.71. The van der Waals surface area contributed by atoms with Crippen molar-refractivity contribution in [3.05, 3.63) is 119 Å². The number of hydrogen-bond acceptors (Lipinski definition) is 1. The zero-order valence-electron chi connectivity index (χ0n) is 15.1. The predicted molar refractivity (Wildman–Crippen MR) is 114 cm³/mol. The van der Waals surface area contributed by atoms with Gasteiger partial charge in [0.15, 0.2) is 0 Å². The van der Waals surface area contributed by atoms with Gasteiger partial charge in [0, 0.05) is 22.3 Å². The molecule has 0 atom stereocenters. The van der Waals surface area contributed by atoms with E-state index in [1.54, 1.807) is 6.07 Å². The Hall–Kier alpha value is -4.07. The summed E-state index contributed by atoms with van der Waals surface area (Å²) in [6.07, 6.45) is 0. The van der Waals surface area contributed by atoms with Crippen molar-refractivity contribution in [3.63, 3.8) is 0 Å². The number of rotatable bonds is 1. The van der Waals surface area contributed by atoms with Crippen LogP contribution in [0.5, 0.6) is 0 Å². The number of hydrogen-bond donors (Lipinski definition) is 0. The number of ketones is 1. The molecule has 0 aromatic heterocycles. The Kier molecular flexibility index (Phi) is 5.01. The van der Waals surface area contributed by atoms with E-state index < -0.39 is 0 Å². The molecule has 0 aliphatic heterocycles. The van der Waals surface area contributed by atoms with Crippen LogP contribution in [0.15, 0.2) is 97.1 Å². The lowest BCUT2D eigenvalue weighted by molar-refractivity contribution is 0.105. The molecule has 0 radical (unpaired) electrons. The van der Waals surface area contributed by atoms with E-state index in [1.165, 1.54) is 0 Å². The number of fused-ring (bicyclic) bond motifs is 1. The minimum absolute atomic E-state index is 0.231. The van der Waals surface area contributed by atoms with E-state index in [2.05, 4.69) is 23.7 Å². The molecule has 4 aromatic carbocycles. The summed E-state index contributed by atoms with van der Waals surface area (Å²) in [5, 5.41) is 2.15. The highest BCUT2D eigenvalue weighted by molar-refractivity contribution is 6.11. The molecular formula is C27H16O. The average Bonchev–Trinajstić information content (AvgIpc) is 2.77. The maximum atomic E-state index is 12.7. The molecule has 28 heavy (non-hydrogen) atoms. The highest BCUT2D eigenvalue weighted by Crippen LogP contribution is 2.17. The largest absolute Gasteiger partial charge is 0.279 e. The Morgan fingerprint density at radius 2 is 1.25 bits per heavy atom. The van der Waals surface area contributed by atoms with Gasteiger partial charge in [0.1, 0.15) is 0 Å². The van der Waals surface area contributed by atoms with Crippen LogP contribution in [0.3, 0.4) is 0 Å². The second-order valence-electron chi connectivity index (χ2n) is 6.27. The number of carbonyl (C=O) groups excluding carboxylic acids is 1. The molecule has 4 rings (SSSR count). The van der Waals surface area contributed by atoms with Crippen LogP contribution in [0, 0.1) is 23.7 Å². The van der Waals surface area contributed by atoms with Crippen LogP contribution < -0.4 is 0 Å². The Bertz CT molecular complexity index is 1270. The minimum Gasteiger partial charge on any atom is -0.279 e. The third-order valence-corrected chi connectivity index (χ3v) is 4.39. The molecule has 0 N–H and O–H groups in total. The van der Waals surface area contributed by atoms with Gasteiger partial charge in [-0.05, 0) is 47.0 Å². The van der Waals surface area contributed by atoms with Crippen molar-refractivity contribution >= 4 is 16.6 Å². The summed E-state index contributed by atoms with van der Waals surface area (Å²) in [5.74, 6) is 11.8. The Balaban J connectivity index is 1.67. The van der Waals surface area contributed by atoms with Crippen LogP contribution >= 0.6 is 0 Å². The molecule has 0 saturated heterocycles. The summed E-state index contributed by atoms with van der Waals surface area (Å²) >= 11 is 0. The summed E-state index contributed by atoms with van der Waals surface area (Å²) < 4.78 is 0. The quantitative estimate of drug-likeness (QED) is 0.326. The monoisotopic (exact) mass is 356 g/mol. The maximum absolute atomic E-state index is 12.7. The number of benzene rings is 4. The minimum atomic E-state index is -0.231. The van der Waals surface area contributed by atoms with Crippen molar-refractivity contribution in [2.75, 3.05) is 0 Å². The first-order chi connectivity index (χ1) is 13.8.